The highest BCUT2D eigenvalue weighted by Gasteiger charge is 2.04. The van der Waals surface area contributed by atoms with E-state index in [0.29, 0.717) is 12.4 Å². The summed E-state index contributed by atoms with van der Waals surface area (Å²) >= 11 is 1.71. The molecule has 0 saturated heterocycles. The quantitative estimate of drug-likeness (QED) is 0.868. The summed E-state index contributed by atoms with van der Waals surface area (Å²) in [7, 11) is 0. The van der Waals surface area contributed by atoms with Crippen LogP contribution in [0.1, 0.15) is 20.2 Å². The highest BCUT2D eigenvalue weighted by molar-refractivity contribution is 7.11. The first-order valence-electron chi connectivity index (χ1n) is 5.01. The van der Waals surface area contributed by atoms with Crippen molar-refractivity contribution in [3.63, 3.8) is 0 Å². The van der Waals surface area contributed by atoms with Crippen LogP contribution < -0.4 is 5.32 Å². The maximum Gasteiger partial charge on any atom is 0.356 e. The molecular formula is C11H11N3O2S. The first-order chi connectivity index (χ1) is 8.15. The molecule has 0 aromatic carbocycles. The molecule has 88 valence electrons. The number of rotatable bonds is 4. The van der Waals surface area contributed by atoms with E-state index in [4.69, 9.17) is 5.11 Å². The van der Waals surface area contributed by atoms with Crippen molar-refractivity contribution in [1.82, 2.24) is 10.2 Å². The number of anilines is 1. The Hall–Kier alpha value is -1.95. The molecule has 0 aliphatic carbocycles. The molecule has 0 aliphatic heterocycles. The monoisotopic (exact) mass is 249 g/mol. The van der Waals surface area contributed by atoms with Crippen molar-refractivity contribution < 1.29 is 9.90 Å². The van der Waals surface area contributed by atoms with Crippen molar-refractivity contribution in [1.29, 1.82) is 0 Å². The van der Waals surface area contributed by atoms with Gasteiger partial charge in [0.25, 0.3) is 0 Å². The average Bonchev–Trinajstić information content (AvgIpc) is 2.73. The molecule has 0 bridgehead atoms. The second-order valence-corrected chi connectivity index (χ2v) is 4.85. The summed E-state index contributed by atoms with van der Waals surface area (Å²) in [4.78, 5) is 13.0. The Balaban J connectivity index is 1.97. The molecule has 2 aromatic rings. The topological polar surface area (TPSA) is 75.1 Å². The molecule has 0 amide bonds. The van der Waals surface area contributed by atoms with E-state index in [2.05, 4.69) is 28.5 Å². The smallest absolute Gasteiger partial charge is 0.356 e. The third-order valence-electron chi connectivity index (χ3n) is 2.12. The fourth-order valence-corrected chi connectivity index (χ4v) is 2.13. The van der Waals surface area contributed by atoms with E-state index < -0.39 is 5.97 Å². The fourth-order valence-electron chi connectivity index (χ4n) is 1.30. The SMILES string of the molecule is Cc1ccc(CNc2ccc(C(=O)O)nn2)s1. The number of carboxylic acid groups (broad SMARTS) is 1. The zero-order chi connectivity index (χ0) is 12.3. The molecule has 2 N–H and O–H groups in total. The van der Waals surface area contributed by atoms with Gasteiger partial charge in [0.1, 0.15) is 5.82 Å². The number of nitrogens with one attached hydrogen (secondary N) is 1. The first-order valence-corrected chi connectivity index (χ1v) is 5.83. The van der Waals surface area contributed by atoms with Crippen LogP contribution in [-0.4, -0.2) is 21.3 Å². The molecule has 2 rings (SSSR count). The summed E-state index contributed by atoms with van der Waals surface area (Å²) < 4.78 is 0. The standard InChI is InChI=1S/C11H11N3O2S/c1-7-2-3-8(17-7)6-12-10-5-4-9(11(15)16)13-14-10/h2-5H,6H2,1H3,(H,12,14)(H,15,16). The van der Waals surface area contributed by atoms with Crippen LogP contribution in [0.5, 0.6) is 0 Å². The Bertz CT molecular complexity index is 522. The largest absolute Gasteiger partial charge is 0.476 e. The number of aryl methyl sites for hydroxylation is 1. The lowest BCUT2D eigenvalue weighted by Gasteiger charge is -2.02. The Labute approximate surface area is 102 Å². The van der Waals surface area contributed by atoms with Crippen molar-refractivity contribution in [2.24, 2.45) is 0 Å². The zero-order valence-corrected chi connectivity index (χ0v) is 9.99. The van der Waals surface area contributed by atoms with Gasteiger partial charge in [-0.05, 0) is 31.2 Å². The summed E-state index contributed by atoms with van der Waals surface area (Å²) in [6.07, 6.45) is 0. The molecule has 0 atom stereocenters. The minimum absolute atomic E-state index is 0.0532. The molecule has 0 fully saturated rings. The van der Waals surface area contributed by atoms with E-state index in [1.807, 2.05) is 6.07 Å². The van der Waals surface area contributed by atoms with E-state index in [9.17, 15) is 4.79 Å². The molecule has 0 radical (unpaired) electrons. The van der Waals surface area contributed by atoms with Gasteiger partial charge >= 0.3 is 5.97 Å². The van der Waals surface area contributed by atoms with Gasteiger partial charge in [-0.15, -0.1) is 21.5 Å². The summed E-state index contributed by atoms with van der Waals surface area (Å²) in [6, 6.07) is 7.14. The van der Waals surface area contributed by atoms with Crippen LogP contribution in [0.3, 0.4) is 0 Å². The first kappa shape index (κ1) is 11.5. The van der Waals surface area contributed by atoms with Crippen LogP contribution in [0.25, 0.3) is 0 Å². The third kappa shape index (κ3) is 3.01. The van der Waals surface area contributed by atoms with Gasteiger partial charge in [0.2, 0.25) is 0 Å². The molecule has 6 heteroatoms. The number of carbonyl (C=O) groups is 1. The lowest BCUT2D eigenvalue weighted by Crippen LogP contribution is -2.05. The van der Waals surface area contributed by atoms with E-state index in [1.165, 1.54) is 15.8 Å². The van der Waals surface area contributed by atoms with E-state index in [0.717, 1.165) is 0 Å². The van der Waals surface area contributed by atoms with E-state index in [-0.39, 0.29) is 5.69 Å². The molecular weight excluding hydrogens is 238 g/mol. The maximum atomic E-state index is 10.6. The van der Waals surface area contributed by atoms with Crippen LogP contribution >= 0.6 is 11.3 Å². The zero-order valence-electron chi connectivity index (χ0n) is 9.17. The fraction of sp³-hybridized carbons (Fsp3) is 0.182. The Morgan fingerprint density at radius 2 is 2.18 bits per heavy atom. The molecule has 0 unspecified atom stereocenters. The molecule has 0 saturated carbocycles. The number of carboxylic acids is 1. The Morgan fingerprint density at radius 1 is 1.35 bits per heavy atom. The summed E-state index contributed by atoms with van der Waals surface area (Å²) in [6.45, 7) is 2.72. The van der Waals surface area contributed by atoms with Gasteiger partial charge < -0.3 is 10.4 Å². The number of hydrogen-bond donors (Lipinski definition) is 2. The molecule has 0 aliphatic rings. The molecule has 5 nitrogen and oxygen atoms in total. The maximum absolute atomic E-state index is 10.6. The average molecular weight is 249 g/mol. The highest BCUT2D eigenvalue weighted by Crippen LogP contribution is 2.16. The lowest BCUT2D eigenvalue weighted by molar-refractivity contribution is 0.0689. The molecule has 2 aromatic heterocycles. The van der Waals surface area contributed by atoms with Crippen molar-refractivity contribution >= 4 is 23.1 Å². The van der Waals surface area contributed by atoms with Crippen LogP contribution in [0.15, 0.2) is 24.3 Å². The van der Waals surface area contributed by atoms with Crippen LogP contribution in [0.2, 0.25) is 0 Å². The van der Waals surface area contributed by atoms with Crippen molar-refractivity contribution in [2.75, 3.05) is 5.32 Å². The van der Waals surface area contributed by atoms with Gasteiger partial charge in [0, 0.05) is 9.75 Å². The van der Waals surface area contributed by atoms with Gasteiger partial charge in [-0.3, -0.25) is 0 Å². The van der Waals surface area contributed by atoms with Crippen molar-refractivity contribution in [3.05, 3.63) is 39.7 Å². The highest BCUT2D eigenvalue weighted by atomic mass is 32.1. The predicted molar refractivity (Wildman–Crippen MR) is 65.4 cm³/mol. The van der Waals surface area contributed by atoms with Crippen LogP contribution in [0, 0.1) is 6.92 Å². The molecule has 0 spiro atoms. The lowest BCUT2D eigenvalue weighted by atomic mass is 10.4. The number of aromatic carboxylic acids is 1. The van der Waals surface area contributed by atoms with E-state index in [1.54, 1.807) is 17.4 Å². The summed E-state index contributed by atoms with van der Waals surface area (Å²) in [5, 5.41) is 19.1. The third-order valence-corrected chi connectivity index (χ3v) is 3.12. The van der Waals surface area contributed by atoms with Gasteiger partial charge in [-0.25, -0.2) is 4.79 Å². The predicted octanol–water partition coefficient (Wildman–Crippen LogP) is 2.16. The second kappa shape index (κ2) is 4.92. The summed E-state index contributed by atoms with van der Waals surface area (Å²) in [5.41, 5.74) is -0.0532. The number of hydrogen-bond acceptors (Lipinski definition) is 5. The normalized spacial score (nSPS) is 10.2. The second-order valence-electron chi connectivity index (χ2n) is 3.47. The number of nitrogens with zero attached hydrogens (tertiary/aromatic N) is 2. The minimum Gasteiger partial charge on any atom is -0.476 e. The summed E-state index contributed by atoms with van der Waals surface area (Å²) in [5.74, 6) is -0.501. The van der Waals surface area contributed by atoms with E-state index >= 15 is 0 Å². The van der Waals surface area contributed by atoms with Gasteiger partial charge in [0.05, 0.1) is 6.54 Å². The number of thiophene rings is 1. The molecule has 2 heterocycles. The van der Waals surface area contributed by atoms with Crippen LogP contribution in [0.4, 0.5) is 5.82 Å². The van der Waals surface area contributed by atoms with Gasteiger partial charge in [-0.2, -0.15) is 0 Å². The van der Waals surface area contributed by atoms with Gasteiger partial charge in [-0.1, -0.05) is 0 Å². The Kier molecular flexibility index (Phi) is 3.34. The van der Waals surface area contributed by atoms with Crippen molar-refractivity contribution in [2.45, 2.75) is 13.5 Å². The van der Waals surface area contributed by atoms with Gasteiger partial charge in [0.15, 0.2) is 5.69 Å². The van der Waals surface area contributed by atoms with Crippen molar-refractivity contribution in [3.8, 4) is 0 Å². The number of aromatic nitrogens is 2. The minimum atomic E-state index is -1.07. The molecule has 17 heavy (non-hydrogen) atoms. The van der Waals surface area contributed by atoms with Crippen LogP contribution in [-0.2, 0) is 6.54 Å². The Morgan fingerprint density at radius 3 is 2.71 bits per heavy atom.